The fourth-order valence-corrected chi connectivity index (χ4v) is 0.462. The van der Waals surface area contributed by atoms with Crippen LogP contribution in [0.1, 0.15) is 5.56 Å². The molecule has 1 heterocycles. The van der Waals surface area contributed by atoms with Crippen molar-refractivity contribution in [3.05, 3.63) is 18.0 Å². The standard InChI is InChI=1S/C5H5N3O/c1-9-8-4-5(2-6)3-7-8/h3-4H,1H3. The summed E-state index contributed by atoms with van der Waals surface area (Å²) in [5.41, 5.74) is 0.497. The van der Waals surface area contributed by atoms with Crippen LogP contribution in [0.25, 0.3) is 0 Å². The molecular weight excluding hydrogens is 118 g/mol. The van der Waals surface area contributed by atoms with Crippen LogP contribution in [0.4, 0.5) is 0 Å². The van der Waals surface area contributed by atoms with Gasteiger partial charge >= 0.3 is 0 Å². The van der Waals surface area contributed by atoms with Crippen molar-refractivity contribution < 1.29 is 4.84 Å². The minimum absolute atomic E-state index is 0.497. The van der Waals surface area contributed by atoms with Crippen molar-refractivity contribution in [2.24, 2.45) is 0 Å². The second-order valence-electron chi connectivity index (χ2n) is 1.43. The van der Waals surface area contributed by atoms with Crippen LogP contribution >= 0.6 is 0 Å². The fourth-order valence-electron chi connectivity index (χ4n) is 0.462. The van der Waals surface area contributed by atoms with E-state index >= 15 is 0 Å². The number of nitrogens with zero attached hydrogens (tertiary/aromatic N) is 3. The quantitative estimate of drug-likeness (QED) is 0.520. The summed E-state index contributed by atoms with van der Waals surface area (Å²) in [4.78, 5) is 5.87. The third-order valence-electron chi connectivity index (χ3n) is 0.876. The Morgan fingerprint density at radius 3 is 3.00 bits per heavy atom. The van der Waals surface area contributed by atoms with Gasteiger partial charge in [-0.15, -0.1) is 9.94 Å². The number of nitriles is 1. The fraction of sp³-hybridized carbons (Fsp3) is 0.200. The molecule has 0 aliphatic carbocycles. The predicted octanol–water partition coefficient (Wildman–Crippen LogP) is -0.187. The van der Waals surface area contributed by atoms with Crippen LogP contribution < -0.4 is 4.84 Å². The van der Waals surface area contributed by atoms with Crippen molar-refractivity contribution in [1.29, 1.82) is 5.26 Å². The lowest BCUT2D eigenvalue weighted by Crippen LogP contribution is -2.04. The van der Waals surface area contributed by atoms with Crippen molar-refractivity contribution in [1.82, 2.24) is 9.94 Å². The van der Waals surface area contributed by atoms with Gasteiger partial charge in [0.1, 0.15) is 13.2 Å². The molecule has 46 valence electrons. The van der Waals surface area contributed by atoms with Crippen molar-refractivity contribution in [2.75, 3.05) is 7.11 Å². The number of rotatable bonds is 1. The molecule has 1 aromatic heterocycles. The maximum Gasteiger partial charge on any atom is 0.106 e. The Balaban J connectivity index is 2.90. The van der Waals surface area contributed by atoms with Crippen molar-refractivity contribution in [3.8, 4) is 6.07 Å². The molecule has 0 unspecified atom stereocenters. The maximum absolute atomic E-state index is 8.29. The Morgan fingerprint density at radius 1 is 1.89 bits per heavy atom. The van der Waals surface area contributed by atoms with E-state index < -0.39 is 0 Å². The minimum Gasteiger partial charge on any atom is -0.400 e. The minimum atomic E-state index is 0.497. The molecule has 0 aliphatic rings. The monoisotopic (exact) mass is 123 g/mol. The summed E-state index contributed by atoms with van der Waals surface area (Å²) in [6.07, 6.45) is 2.93. The van der Waals surface area contributed by atoms with Gasteiger partial charge in [-0.1, -0.05) is 0 Å². The zero-order chi connectivity index (χ0) is 6.69. The van der Waals surface area contributed by atoms with E-state index in [4.69, 9.17) is 5.26 Å². The van der Waals surface area contributed by atoms with E-state index in [1.165, 1.54) is 24.3 Å². The second kappa shape index (κ2) is 2.18. The molecule has 9 heavy (non-hydrogen) atoms. The number of hydrogen-bond donors (Lipinski definition) is 0. The Morgan fingerprint density at radius 2 is 2.67 bits per heavy atom. The van der Waals surface area contributed by atoms with E-state index in [9.17, 15) is 0 Å². The van der Waals surface area contributed by atoms with Crippen LogP contribution in [0.2, 0.25) is 0 Å². The molecular formula is C5H5N3O. The first kappa shape index (κ1) is 5.63. The van der Waals surface area contributed by atoms with E-state index in [1.54, 1.807) is 0 Å². The lowest BCUT2D eigenvalue weighted by Gasteiger charge is -1.91. The molecule has 1 aromatic rings. The van der Waals surface area contributed by atoms with Crippen molar-refractivity contribution >= 4 is 0 Å². The Hall–Kier alpha value is -1.50. The molecule has 4 nitrogen and oxygen atoms in total. The van der Waals surface area contributed by atoms with E-state index in [1.807, 2.05) is 6.07 Å². The third-order valence-corrected chi connectivity index (χ3v) is 0.876. The third kappa shape index (κ3) is 0.995. The van der Waals surface area contributed by atoms with Crippen LogP contribution in [0, 0.1) is 11.3 Å². The highest BCUT2D eigenvalue weighted by molar-refractivity contribution is 5.21. The topological polar surface area (TPSA) is 50.8 Å². The lowest BCUT2D eigenvalue weighted by molar-refractivity contribution is 0.134. The average Bonchev–Trinajstić information content (AvgIpc) is 2.34. The Bertz CT molecular complexity index is 235. The van der Waals surface area contributed by atoms with Crippen molar-refractivity contribution in [3.63, 3.8) is 0 Å². The molecule has 4 heteroatoms. The van der Waals surface area contributed by atoms with Gasteiger partial charge in [0, 0.05) is 0 Å². The van der Waals surface area contributed by atoms with Gasteiger partial charge < -0.3 is 4.84 Å². The second-order valence-corrected chi connectivity index (χ2v) is 1.43. The molecule has 0 saturated heterocycles. The SMILES string of the molecule is COn1cc(C#N)cn1. The van der Waals surface area contributed by atoms with Crippen LogP contribution in [0.3, 0.4) is 0 Å². The maximum atomic E-state index is 8.29. The Labute approximate surface area is 52.2 Å². The van der Waals surface area contributed by atoms with Gasteiger partial charge in [0.25, 0.3) is 0 Å². The van der Waals surface area contributed by atoms with Crippen LogP contribution in [-0.2, 0) is 0 Å². The van der Waals surface area contributed by atoms with E-state index in [-0.39, 0.29) is 0 Å². The predicted molar refractivity (Wildman–Crippen MR) is 29.4 cm³/mol. The van der Waals surface area contributed by atoms with Crippen LogP contribution in [0.5, 0.6) is 0 Å². The number of hydrogen-bond acceptors (Lipinski definition) is 3. The van der Waals surface area contributed by atoms with Gasteiger partial charge in [0.05, 0.1) is 18.0 Å². The van der Waals surface area contributed by atoms with Crippen LogP contribution in [0.15, 0.2) is 12.4 Å². The normalized spacial score (nSPS) is 8.44. The van der Waals surface area contributed by atoms with E-state index in [0.29, 0.717) is 5.56 Å². The van der Waals surface area contributed by atoms with Crippen molar-refractivity contribution in [2.45, 2.75) is 0 Å². The first-order valence-electron chi connectivity index (χ1n) is 2.36. The molecule has 0 saturated carbocycles. The van der Waals surface area contributed by atoms with E-state index in [0.717, 1.165) is 0 Å². The van der Waals surface area contributed by atoms with Gasteiger partial charge in [-0.05, 0) is 0 Å². The molecule has 0 aromatic carbocycles. The molecule has 0 radical (unpaired) electrons. The molecule has 0 atom stereocenters. The highest BCUT2D eigenvalue weighted by Crippen LogP contribution is 1.90. The van der Waals surface area contributed by atoms with E-state index in [2.05, 4.69) is 9.94 Å². The molecule has 0 N–H and O–H groups in total. The summed E-state index contributed by atoms with van der Waals surface area (Å²) in [6, 6.07) is 1.92. The zero-order valence-corrected chi connectivity index (χ0v) is 4.90. The lowest BCUT2D eigenvalue weighted by atomic mass is 10.4. The average molecular weight is 123 g/mol. The first-order valence-corrected chi connectivity index (χ1v) is 2.36. The molecule has 1 rings (SSSR count). The summed E-state index contributed by atoms with van der Waals surface area (Å²) in [5, 5.41) is 12.0. The highest BCUT2D eigenvalue weighted by Gasteiger charge is 1.92. The van der Waals surface area contributed by atoms with Gasteiger partial charge in [0.2, 0.25) is 0 Å². The zero-order valence-electron chi connectivity index (χ0n) is 4.90. The van der Waals surface area contributed by atoms with Gasteiger partial charge in [-0.3, -0.25) is 0 Å². The summed E-state index contributed by atoms with van der Waals surface area (Å²) in [6.45, 7) is 0. The van der Waals surface area contributed by atoms with Gasteiger partial charge in [0.15, 0.2) is 0 Å². The summed E-state index contributed by atoms with van der Waals surface area (Å²) < 4.78 is 0. The smallest absolute Gasteiger partial charge is 0.106 e. The van der Waals surface area contributed by atoms with Crippen LogP contribution in [-0.4, -0.2) is 17.1 Å². The summed E-state index contributed by atoms with van der Waals surface area (Å²) in [5.74, 6) is 0. The number of aromatic nitrogens is 2. The summed E-state index contributed by atoms with van der Waals surface area (Å²) in [7, 11) is 1.48. The van der Waals surface area contributed by atoms with Gasteiger partial charge in [-0.2, -0.15) is 5.26 Å². The largest absolute Gasteiger partial charge is 0.400 e. The Kier molecular flexibility index (Phi) is 1.36. The molecule has 0 bridgehead atoms. The molecule has 0 aliphatic heterocycles. The summed E-state index contributed by atoms with van der Waals surface area (Å²) >= 11 is 0. The molecule has 0 amide bonds. The highest BCUT2D eigenvalue weighted by atomic mass is 16.7. The first-order chi connectivity index (χ1) is 4.36. The van der Waals surface area contributed by atoms with Gasteiger partial charge in [-0.25, -0.2) is 0 Å². The molecule has 0 spiro atoms. The molecule has 0 fully saturated rings.